The summed E-state index contributed by atoms with van der Waals surface area (Å²) < 4.78 is 21.5. The van der Waals surface area contributed by atoms with Gasteiger partial charge in [-0.1, -0.05) is 26.0 Å². The molecule has 0 unspecified atom stereocenters. The van der Waals surface area contributed by atoms with E-state index < -0.39 is 23.8 Å². The zero-order chi connectivity index (χ0) is 25.5. The minimum Gasteiger partial charge on any atom is -0.494 e. The van der Waals surface area contributed by atoms with Crippen LogP contribution < -0.4 is 10.1 Å². The Balaban J connectivity index is 2.01. The van der Waals surface area contributed by atoms with Crippen LogP contribution in [0.5, 0.6) is 5.75 Å². The summed E-state index contributed by atoms with van der Waals surface area (Å²) in [4.78, 5) is 39.5. The third kappa shape index (κ3) is 5.75. The van der Waals surface area contributed by atoms with Crippen LogP contribution in [-0.4, -0.2) is 51.3 Å². The minimum absolute atomic E-state index is 0.104. The minimum atomic E-state index is -0.927. The topological polar surface area (TPSA) is 100 Å². The number of carbonyl (C=O) groups excluding carboxylic acids is 3. The molecule has 190 valence electrons. The van der Waals surface area contributed by atoms with Gasteiger partial charge in [0.2, 0.25) is 0 Å². The monoisotopic (exact) mass is 485 g/mol. The van der Waals surface area contributed by atoms with Crippen molar-refractivity contribution in [2.24, 2.45) is 11.8 Å². The van der Waals surface area contributed by atoms with E-state index in [0.29, 0.717) is 48.8 Å². The summed E-state index contributed by atoms with van der Waals surface area (Å²) in [6, 6.07) is 7.31. The Bertz CT molecular complexity index is 1010. The van der Waals surface area contributed by atoms with Gasteiger partial charge in [-0.15, -0.1) is 0 Å². The highest BCUT2D eigenvalue weighted by molar-refractivity contribution is 6.12. The smallest absolute Gasteiger partial charge is 0.336 e. The molecule has 3 atom stereocenters. The predicted molar refractivity (Wildman–Crippen MR) is 130 cm³/mol. The van der Waals surface area contributed by atoms with E-state index in [-0.39, 0.29) is 18.3 Å². The number of carbonyl (C=O) groups is 3. The molecule has 8 nitrogen and oxygen atoms in total. The van der Waals surface area contributed by atoms with Gasteiger partial charge in [0.1, 0.15) is 18.3 Å². The summed E-state index contributed by atoms with van der Waals surface area (Å²) in [7, 11) is 1.28. The van der Waals surface area contributed by atoms with Crippen molar-refractivity contribution < 1.29 is 33.3 Å². The number of Topliss-reactive ketones (excluding diaryl/α,β-unsaturated/α-hetero) is 1. The average Bonchev–Trinajstić information content (AvgIpc) is 2.83. The molecule has 1 aromatic carbocycles. The van der Waals surface area contributed by atoms with Gasteiger partial charge >= 0.3 is 11.9 Å². The number of hydrogen-bond acceptors (Lipinski definition) is 8. The lowest BCUT2D eigenvalue weighted by Crippen LogP contribution is -2.43. The number of methoxy groups -OCH3 is 1. The second-order valence-electron chi connectivity index (χ2n) is 8.79. The molecule has 0 saturated heterocycles. The first-order valence-corrected chi connectivity index (χ1v) is 12.1. The van der Waals surface area contributed by atoms with Gasteiger partial charge in [0.05, 0.1) is 25.9 Å². The molecular formula is C27H35NO7. The maximum Gasteiger partial charge on any atom is 0.336 e. The summed E-state index contributed by atoms with van der Waals surface area (Å²) >= 11 is 0. The van der Waals surface area contributed by atoms with Crippen molar-refractivity contribution >= 4 is 17.7 Å². The molecule has 0 saturated carbocycles. The maximum absolute atomic E-state index is 13.7. The fourth-order valence-electron chi connectivity index (χ4n) is 4.73. The molecule has 1 aromatic rings. The maximum atomic E-state index is 13.7. The van der Waals surface area contributed by atoms with Crippen molar-refractivity contribution in [3.05, 3.63) is 52.4 Å². The SMILES string of the molecule is CCCOCCOC(=O)C1=C(C)NC2=C(C(=O)[C@H](C(=O)OC)[C@H](C)C2)[C@H]1c1ccc(OCC)cc1. The molecule has 35 heavy (non-hydrogen) atoms. The van der Waals surface area contributed by atoms with Crippen molar-refractivity contribution in [3.63, 3.8) is 0 Å². The number of ether oxygens (including phenoxy) is 4. The van der Waals surface area contributed by atoms with Crippen molar-refractivity contribution in [1.82, 2.24) is 5.32 Å². The first-order valence-electron chi connectivity index (χ1n) is 12.1. The van der Waals surface area contributed by atoms with Crippen LogP contribution in [-0.2, 0) is 28.6 Å². The van der Waals surface area contributed by atoms with Crippen LogP contribution in [0.15, 0.2) is 46.8 Å². The Labute approximate surface area is 206 Å². The van der Waals surface area contributed by atoms with Gasteiger partial charge in [0, 0.05) is 29.5 Å². The van der Waals surface area contributed by atoms with E-state index in [1.165, 1.54) is 7.11 Å². The van der Waals surface area contributed by atoms with Gasteiger partial charge in [-0.05, 0) is 50.3 Å². The zero-order valence-corrected chi connectivity index (χ0v) is 21.1. The number of hydrogen-bond donors (Lipinski definition) is 1. The number of benzene rings is 1. The number of allylic oxidation sites excluding steroid dienone is 3. The largest absolute Gasteiger partial charge is 0.494 e. The predicted octanol–water partition coefficient (Wildman–Crippen LogP) is 3.67. The van der Waals surface area contributed by atoms with E-state index in [1.54, 1.807) is 6.92 Å². The van der Waals surface area contributed by atoms with Crippen LogP contribution in [0.3, 0.4) is 0 Å². The number of ketones is 1. The van der Waals surface area contributed by atoms with Crippen LogP contribution in [0.1, 0.15) is 52.0 Å². The highest BCUT2D eigenvalue weighted by Gasteiger charge is 2.47. The van der Waals surface area contributed by atoms with E-state index in [2.05, 4.69) is 5.32 Å². The van der Waals surface area contributed by atoms with E-state index in [9.17, 15) is 14.4 Å². The van der Waals surface area contributed by atoms with Gasteiger partial charge in [-0.3, -0.25) is 9.59 Å². The molecule has 1 N–H and O–H groups in total. The van der Waals surface area contributed by atoms with Gasteiger partial charge in [0.15, 0.2) is 5.78 Å². The summed E-state index contributed by atoms with van der Waals surface area (Å²) in [6.07, 6.45) is 1.36. The second kappa shape index (κ2) is 12.0. The van der Waals surface area contributed by atoms with E-state index >= 15 is 0 Å². The molecule has 0 aromatic heterocycles. The van der Waals surface area contributed by atoms with Crippen molar-refractivity contribution in [1.29, 1.82) is 0 Å². The van der Waals surface area contributed by atoms with Crippen LogP contribution >= 0.6 is 0 Å². The van der Waals surface area contributed by atoms with E-state index in [0.717, 1.165) is 17.7 Å². The van der Waals surface area contributed by atoms with Crippen molar-refractivity contribution in [2.75, 3.05) is 33.5 Å². The summed E-state index contributed by atoms with van der Waals surface area (Å²) in [6.45, 7) is 9.08. The zero-order valence-electron chi connectivity index (χ0n) is 21.1. The molecule has 1 heterocycles. The van der Waals surface area contributed by atoms with Crippen molar-refractivity contribution in [3.8, 4) is 5.75 Å². The Hall–Kier alpha value is -3.13. The molecular weight excluding hydrogens is 450 g/mol. The van der Waals surface area contributed by atoms with Crippen LogP contribution in [0.2, 0.25) is 0 Å². The number of dihydropyridines is 1. The van der Waals surface area contributed by atoms with Crippen molar-refractivity contribution in [2.45, 2.75) is 46.5 Å². The average molecular weight is 486 g/mol. The van der Waals surface area contributed by atoms with E-state index in [1.807, 2.05) is 45.0 Å². The van der Waals surface area contributed by atoms with Crippen LogP contribution in [0.25, 0.3) is 0 Å². The quantitative estimate of drug-likeness (QED) is 0.304. The van der Waals surface area contributed by atoms with Gasteiger partial charge < -0.3 is 24.3 Å². The molecule has 0 fully saturated rings. The molecule has 8 heteroatoms. The summed E-state index contributed by atoms with van der Waals surface area (Å²) in [5.41, 5.74) is 2.83. The second-order valence-corrected chi connectivity index (χ2v) is 8.79. The van der Waals surface area contributed by atoms with Gasteiger partial charge in [-0.25, -0.2) is 4.79 Å². The first-order chi connectivity index (χ1) is 16.8. The fraction of sp³-hybridized carbons (Fsp3) is 0.519. The molecule has 0 spiro atoms. The molecule has 3 rings (SSSR count). The molecule has 1 aliphatic carbocycles. The number of rotatable bonds is 10. The normalized spacial score (nSPS) is 21.9. The molecule has 1 aliphatic heterocycles. The Morgan fingerprint density at radius 1 is 1.09 bits per heavy atom. The third-order valence-corrected chi connectivity index (χ3v) is 6.30. The summed E-state index contributed by atoms with van der Waals surface area (Å²) in [5, 5.41) is 3.26. The lowest BCUT2D eigenvalue weighted by molar-refractivity contribution is -0.151. The molecule has 0 radical (unpaired) electrons. The lowest BCUT2D eigenvalue weighted by Gasteiger charge is -2.38. The van der Waals surface area contributed by atoms with Crippen LogP contribution in [0.4, 0.5) is 0 Å². The lowest BCUT2D eigenvalue weighted by atomic mass is 9.69. The first kappa shape index (κ1) is 26.5. The van der Waals surface area contributed by atoms with Gasteiger partial charge in [0.25, 0.3) is 0 Å². The molecule has 0 bridgehead atoms. The Kier molecular flexibility index (Phi) is 9.09. The number of nitrogens with one attached hydrogen (secondary N) is 1. The van der Waals surface area contributed by atoms with E-state index in [4.69, 9.17) is 18.9 Å². The number of esters is 2. The third-order valence-electron chi connectivity index (χ3n) is 6.30. The summed E-state index contributed by atoms with van der Waals surface area (Å²) in [5.74, 6) is -2.58. The molecule has 0 amide bonds. The highest BCUT2D eigenvalue weighted by Crippen LogP contribution is 2.45. The Morgan fingerprint density at radius 3 is 2.43 bits per heavy atom. The van der Waals surface area contributed by atoms with Crippen LogP contribution in [0, 0.1) is 11.8 Å². The molecule has 2 aliphatic rings. The Morgan fingerprint density at radius 2 is 1.80 bits per heavy atom. The standard InChI is InChI=1S/C27H35NO7/c1-6-12-33-13-14-35-27(31)22-17(4)28-20-15-16(3)21(26(30)32-5)25(29)24(20)23(22)18-8-10-19(11-9-18)34-7-2/h8-11,16,21,23,28H,6-7,12-15H2,1-5H3/t16-,21-,23+/m1/s1. The van der Waals surface area contributed by atoms with Gasteiger partial charge in [-0.2, -0.15) is 0 Å². The fourth-order valence-corrected chi connectivity index (χ4v) is 4.73. The highest BCUT2D eigenvalue weighted by atomic mass is 16.6.